The van der Waals surface area contributed by atoms with Crippen molar-refractivity contribution < 1.29 is 19.4 Å². The fraction of sp³-hybridized carbons (Fsp3) is 0.150. The van der Waals surface area contributed by atoms with Crippen molar-refractivity contribution in [1.82, 2.24) is 5.32 Å². The van der Waals surface area contributed by atoms with Gasteiger partial charge in [-0.05, 0) is 35.9 Å². The molecule has 138 valence electrons. The number of benzene rings is 2. The largest absolute Gasteiger partial charge is 0.485 e. The predicted molar refractivity (Wildman–Crippen MR) is 103 cm³/mol. The van der Waals surface area contributed by atoms with Gasteiger partial charge in [0, 0.05) is 23.9 Å². The lowest BCUT2D eigenvalue weighted by molar-refractivity contribution is -0.131. The molecule has 3 N–H and O–H groups in total. The summed E-state index contributed by atoms with van der Waals surface area (Å²) in [4.78, 5) is 27.3. The molecule has 0 radical (unpaired) electrons. The Bertz CT molecular complexity index is 906. The average Bonchev–Trinajstić information content (AvgIpc) is 3.18. The van der Waals surface area contributed by atoms with Crippen LogP contribution in [0.5, 0.6) is 5.75 Å². The molecular formula is C20H19N3O4. The summed E-state index contributed by atoms with van der Waals surface area (Å²) in [6.07, 6.45) is 2.51. The summed E-state index contributed by atoms with van der Waals surface area (Å²) in [5, 5.41) is 14.9. The summed E-state index contributed by atoms with van der Waals surface area (Å²) in [6.45, 7) is 1.42. The van der Waals surface area contributed by atoms with Crippen molar-refractivity contribution in [2.45, 2.75) is 0 Å². The minimum atomic E-state index is -1.02. The number of carboxylic acids is 1. The highest BCUT2D eigenvalue weighted by Crippen LogP contribution is 2.16. The van der Waals surface area contributed by atoms with E-state index in [9.17, 15) is 9.59 Å². The fourth-order valence-electron chi connectivity index (χ4n) is 2.50. The first-order valence-electron chi connectivity index (χ1n) is 8.43. The van der Waals surface area contributed by atoms with Crippen LogP contribution in [0, 0.1) is 0 Å². The molecule has 2 aromatic rings. The molecule has 27 heavy (non-hydrogen) atoms. The number of nitrogens with zero attached hydrogens (tertiary/aromatic N) is 1. The van der Waals surface area contributed by atoms with Crippen molar-refractivity contribution >= 4 is 29.5 Å². The van der Waals surface area contributed by atoms with Crippen LogP contribution in [0.4, 0.5) is 5.69 Å². The highest BCUT2D eigenvalue weighted by Gasteiger charge is 2.10. The van der Waals surface area contributed by atoms with Gasteiger partial charge in [-0.3, -0.25) is 9.79 Å². The number of nitrogens with one attached hydrogen (secondary N) is 2. The lowest BCUT2D eigenvalue weighted by Gasteiger charge is -2.09. The molecule has 7 nitrogen and oxygen atoms in total. The minimum Gasteiger partial charge on any atom is -0.485 e. The van der Waals surface area contributed by atoms with Crippen LogP contribution in [0.1, 0.15) is 15.9 Å². The van der Waals surface area contributed by atoms with Gasteiger partial charge >= 0.3 is 5.97 Å². The van der Waals surface area contributed by atoms with E-state index >= 15 is 0 Å². The van der Waals surface area contributed by atoms with E-state index in [4.69, 9.17) is 9.84 Å². The maximum Gasteiger partial charge on any atom is 0.328 e. The molecular weight excluding hydrogens is 346 g/mol. The predicted octanol–water partition coefficient (Wildman–Crippen LogP) is 2.42. The summed E-state index contributed by atoms with van der Waals surface area (Å²) >= 11 is 0. The summed E-state index contributed by atoms with van der Waals surface area (Å²) in [6, 6.07) is 14.0. The van der Waals surface area contributed by atoms with Crippen LogP contribution in [0.2, 0.25) is 0 Å². The number of ketones is 1. The minimum absolute atomic E-state index is 0.116. The van der Waals surface area contributed by atoms with Crippen LogP contribution >= 0.6 is 0 Å². The first kappa shape index (κ1) is 18.2. The third-order valence-electron chi connectivity index (χ3n) is 3.77. The summed E-state index contributed by atoms with van der Waals surface area (Å²) in [7, 11) is 0. The number of hydrogen-bond donors (Lipinski definition) is 3. The third kappa shape index (κ3) is 5.43. The summed E-state index contributed by atoms with van der Waals surface area (Å²) in [5.74, 6) is 0.00645. The number of ether oxygens (including phenoxy) is 1. The Labute approximate surface area is 156 Å². The Hall–Kier alpha value is -3.61. The smallest absolute Gasteiger partial charge is 0.328 e. The number of hydrogen-bond acceptors (Lipinski definition) is 6. The van der Waals surface area contributed by atoms with Gasteiger partial charge < -0.3 is 20.5 Å². The van der Waals surface area contributed by atoms with E-state index < -0.39 is 5.97 Å². The Balaban J connectivity index is 1.61. The molecule has 0 spiro atoms. The van der Waals surface area contributed by atoms with Crippen LogP contribution in [0.15, 0.2) is 59.6 Å². The van der Waals surface area contributed by atoms with Crippen LogP contribution < -0.4 is 15.4 Å². The second kappa shape index (κ2) is 8.66. The molecule has 0 bridgehead atoms. The van der Waals surface area contributed by atoms with E-state index in [0.29, 0.717) is 22.8 Å². The van der Waals surface area contributed by atoms with Crippen LogP contribution in [-0.4, -0.2) is 42.5 Å². The summed E-state index contributed by atoms with van der Waals surface area (Å²) in [5.41, 5.74) is 1.98. The Morgan fingerprint density at radius 2 is 2.07 bits per heavy atom. The molecule has 0 aliphatic carbocycles. The molecule has 0 atom stereocenters. The molecule has 0 amide bonds. The highest BCUT2D eigenvalue weighted by atomic mass is 16.5. The maximum atomic E-state index is 12.4. The van der Waals surface area contributed by atoms with Crippen LogP contribution in [0.3, 0.4) is 0 Å². The summed E-state index contributed by atoms with van der Waals surface area (Å²) < 4.78 is 5.56. The number of Topliss-reactive ketones (excluding diaryl/α,β-unsaturated/α-hetero) is 1. The zero-order valence-electron chi connectivity index (χ0n) is 14.5. The molecule has 3 rings (SSSR count). The van der Waals surface area contributed by atoms with E-state index in [1.807, 2.05) is 6.07 Å². The molecule has 0 aromatic heterocycles. The van der Waals surface area contributed by atoms with E-state index in [0.717, 1.165) is 24.9 Å². The van der Waals surface area contributed by atoms with Gasteiger partial charge in [0.1, 0.15) is 5.75 Å². The van der Waals surface area contributed by atoms with Gasteiger partial charge in [0.25, 0.3) is 0 Å². The molecule has 0 saturated carbocycles. The second-order valence-corrected chi connectivity index (χ2v) is 5.82. The van der Waals surface area contributed by atoms with Gasteiger partial charge in [-0.25, -0.2) is 4.79 Å². The standard InChI is InChI=1S/C20H19N3O4/c24-18(13-27-17-6-1-3-14(11-17)7-8-19(25)26)15-4-2-5-16(12-15)23-20-21-9-10-22-20/h1-8,11-12H,9-10,13H2,(H,25,26)(H2,21,22,23). The number of anilines is 1. The third-order valence-corrected chi connectivity index (χ3v) is 3.77. The first-order valence-corrected chi connectivity index (χ1v) is 8.43. The van der Waals surface area contributed by atoms with E-state index in [2.05, 4.69) is 15.6 Å². The van der Waals surface area contributed by atoms with Gasteiger partial charge in [-0.15, -0.1) is 0 Å². The van der Waals surface area contributed by atoms with Crippen LogP contribution in [-0.2, 0) is 4.79 Å². The van der Waals surface area contributed by atoms with Gasteiger partial charge in [0.15, 0.2) is 18.3 Å². The van der Waals surface area contributed by atoms with Crippen molar-refractivity contribution in [2.24, 2.45) is 4.99 Å². The molecule has 7 heteroatoms. The maximum absolute atomic E-state index is 12.4. The monoisotopic (exact) mass is 365 g/mol. The zero-order valence-corrected chi connectivity index (χ0v) is 14.5. The Kier molecular flexibility index (Phi) is 5.84. The second-order valence-electron chi connectivity index (χ2n) is 5.82. The topological polar surface area (TPSA) is 100 Å². The van der Waals surface area contributed by atoms with Crippen molar-refractivity contribution in [1.29, 1.82) is 0 Å². The van der Waals surface area contributed by atoms with Crippen molar-refractivity contribution in [3.8, 4) is 5.75 Å². The number of aliphatic imine (C=N–C) groups is 1. The van der Waals surface area contributed by atoms with Crippen molar-refractivity contribution in [2.75, 3.05) is 25.0 Å². The van der Waals surface area contributed by atoms with Crippen molar-refractivity contribution in [3.05, 3.63) is 65.7 Å². The van der Waals surface area contributed by atoms with Crippen LogP contribution in [0.25, 0.3) is 6.08 Å². The number of guanidine groups is 1. The number of aliphatic carboxylic acids is 1. The number of carbonyl (C=O) groups is 2. The number of carbonyl (C=O) groups excluding carboxylic acids is 1. The molecule has 1 aliphatic heterocycles. The van der Waals surface area contributed by atoms with E-state index in [1.54, 1.807) is 42.5 Å². The normalized spacial score (nSPS) is 13.1. The molecule has 2 aromatic carbocycles. The van der Waals surface area contributed by atoms with E-state index in [1.165, 1.54) is 6.08 Å². The molecule has 1 aliphatic rings. The zero-order chi connectivity index (χ0) is 19.1. The average molecular weight is 365 g/mol. The molecule has 0 fully saturated rings. The lowest BCUT2D eigenvalue weighted by Crippen LogP contribution is -2.26. The molecule has 0 unspecified atom stereocenters. The first-order chi connectivity index (χ1) is 13.1. The van der Waals surface area contributed by atoms with Gasteiger partial charge in [0.2, 0.25) is 0 Å². The van der Waals surface area contributed by atoms with Gasteiger partial charge in [-0.2, -0.15) is 0 Å². The van der Waals surface area contributed by atoms with Gasteiger partial charge in [-0.1, -0.05) is 24.3 Å². The van der Waals surface area contributed by atoms with Crippen molar-refractivity contribution in [3.63, 3.8) is 0 Å². The Morgan fingerprint density at radius 3 is 2.85 bits per heavy atom. The highest BCUT2D eigenvalue weighted by molar-refractivity contribution is 6.00. The fourth-order valence-corrected chi connectivity index (χ4v) is 2.50. The Morgan fingerprint density at radius 1 is 1.22 bits per heavy atom. The quantitative estimate of drug-likeness (QED) is 0.515. The molecule has 1 heterocycles. The van der Waals surface area contributed by atoms with Gasteiger partial charge in [0.05, 0.1) is 6.54 Å². The van der Waals surface area contributed by atoms with E-state index in [-0.39, 0.29) is 12.4 Å². The molecule has 0 saturated heterocycles. The number of rotatable bonds is 7. The number of carboxylic acid groups (broad SMARTS) is 1. The lowest BCUT2D eigenvalue weighted by atomic mass is 10.1. The SMILES string of the molecule is O=C(O)C=Cc1cccc(OCC(=O)c2cccc(NC3=NCCN3)c2)c1.